The minimum absolute atomic E-state index is 0.0961. The highest BCUT2D eigenvalue weighted by molar-refractivity contribution is 5.76. The molecule has 23 heavy (non-hydrogen) atoms. The van der Waals surface area contributed by atoms with Crippen LogP contribution in [-0.4, -0.2) is 18.5 Å². The second-order valence-corrected chi connectivity index (χ2v) is 5.84. The van der Waals surface area contributed by atoms with Crippen LogP contribution in [0.5, 0.6) is 11.5 Å². The van der Waals surface area contributed by atoms with E-state index in [0.717, 1.165) is 36.4 Å². The van der Waals surface area contributed by atoms with Crippen molar-refractivity contribution >= 4 is 5.91 Å². The Morgan fingerprint density at radius 2 is 1.96 bits per heavy atom. The highest BCUT2D eigenvalue weighted by Crippen LogP contribution is 2.21. The number of nitrogens with one attached hydrogen (secondary N) is 2. The molecule has 1 aliphatic rings. The van der Waals surface area contributed by atoms with Crippen LogP contribution in [-0.2, 0) is 11.3 Å². The van der Waals surface area contributed by atoms with Crippen LogP contribution in [0.25, 0.3) is 0 Å². The van der Waals surface area contributed by atoms with Crippen molar-refractivity contribution in [2.45, 2.75) is 31.8 Å². The maximum Gasteiger partial charge on any atom is 0.221 e. The first-order valence-corrected chi connectivity index (χ1v) is 8.11. The number of hydrogen-bond acceptors (Lipinski definition) is 3. The molecule has 0 saturated carbocycles. The number of amides is 1. The van der Waals surface area contributed by atoms with Gasteiger partial charge >= 0.3 is 0 Å². The minimum Gasteiger partial charge on any atom is -0.457 e. The van der Waals surface area contributed by atoms with E-state index in [1.165, 1.54) is 0 Å². The van der Waals surface area contributed by atoms with Crippen molar-refractivity contribution in [2.75, 3.05) is 6.54 Å². The number of carbonyl (C=O) groups excluding carboxylic acids is 1. The zero-order valence-corrected chi connectivity index (χ0v) is 13.1. The first-order valence-electron chi connectivity index (χ1n) is 8.11. The highest BCUT2D eigenvalue weighted by Gasteiger charge is 2.17. The van der Waals surface area contributed by atoms with Gasteiger partial charge in [0.25, 0.3) is 0 Å². The molecule has 4 nitrogen and oxygen atoms in total. The smallest absolute Gasteiger partial charge is 0.221 e. The molecule has 1 atom stereocenters. The molecule has 3 rings (SSSR count). The number of benzene rings is 2. The van der Waals surface area contributed by atoms with Crippen LogP contribution in [0.15, 0.2) is 54.6 Å². The number of para-hydroxylation sites is 1. The van der Waals surface area contributed by atoms with Gasteiger partial charge in [-0.1, -0.05) is 30.3 Å². The lowest BCUT2D eigenvalue weighted by Crippen LogP contribution is -2.31. The maximum absolute atomic E-state index is 12.0. The molecule has 1 unspecified atom stereocenters. The van der Waals surface area contributed by atoms with Gasteiger partial charge in [0.1, 0.15) is 11.5 Å². The Bertz CT molecular complexity index is 637. The van der Waals surface area contributed by atoms with Crippen LogP contribution >= 0.6 is 0 Å². The molecule has 1 heterocycles. The van der Waals surface area contributed by atoms with Gasteiger partial charge in [-0.05, 0) is 49.2 Å². The average molecular weight is 310 g/mol. The quantitative estimate of drug-likeness (QED) is 0.861. The number of hydrogen-bond donors (Lipinski definition) is 2. The first-order chi connectivity index (χ1) is 11.3. The molecule has 1 saturated heterocycles. The molecule has 1 aliphatic heterocycles. The van der Waals surface area contributed by atoms with E-state index in [9.17, 15) is 4.79 Å². The molecule has 1 fully saturated rings. The Hall–Kier alpha value is -2.33. The summed E-state index contributed by atoms with van der Waals surface area (Å²) in [5.41, 5.74) is 1.03. The second kappa shape index (κ2) is 7.79. The van der Waals surface area contributed by atoms with Gasteiger partial charge in [-0.3, -0.25) is 4.79 Å². The predicted octanol–water partition coefficient (Wildman–Crippen LogP) is 3.24. The summed E-state index contributed by atoms with van der Waals surface area (Å²) >= 11 is 0. The van der Waals surface area contributed by atoms with Gasteiger partial charge in [0, 0.05) is 19.0 Å². The molecule has 0 aliphatic carbocycles. The zero-order valence-electron chi connectivity index (χ0n) is 13.1. The zero-order chi connectivity index (χ0) is 15.9. The van der Waals surface area contributed by atoms with E-state index in [1.54, 1.807) is 0 Å². The summed E-state index contributed by atoms with van der Waals surface area (Å²) in [4.78, 5) is 12.0. The molecule has 1 amide bonds. The fraction of sp³-hybridized carbons (Fsp3) is 0.316. The average Bonchev–Trinajstić information content (AvgIpc) is 3.07. The summed E-state index contributed by atoms with van der Waals surface area (Å²) in [6, 6.07) is 17.8. The monoisotopic (exact) mass is 310 g/mol. The molecule has 4 heteroatoms. The summed E-state index contributed by atoms with van der Waals surface area (Å²) in [5, 5.41) is 6.32. The molecule has 0 spiro atoms. The third kappa shape index (κ3) is 4.83. The van der Waals surface area contributed by atoms with Gasteiger partial charge < -0.3 is 15.4 Å². The maximum atomic E-state index is 12.0. The van der Waals surface area contributed by atoms with E-state index in [0.29, 0.717) is 19.0 Å². The van der Waals surface area contributed by atoms with E-state index < -0.39 is 0 Å². The summed E-state index contributed by atoms with van der Waals surface area (Å²) in [7, 11) is 0. The molecule has 0 radical (unpaired) electrons. The molecule has 0 bridgehead atoms. The molecular formula is C19H22N2O2. The van der Waals surface area contributed by atoms with Gasteiger partial charge in [0.05, 0.1) is 0 Å². The van der Waals surface area contributed by atoms with Gasteiger partial charge in [-0.2, -0.15) is 0 Å². The number of rotatable bonds is 6. The van der Waals surface area contributed by atoms with Crippen LogP contribution in [0.3, 0.4) is 0 Å². The van der Waals surface area contributed by atoms with Crippen LogP contribution in [0, 0.1) is 0 Å². The molecule has 2 aromatic carbocycles. The molecule has 120 valence electrons. The SMILES string of the molecule is O=C(CC1CCCN1)NCc1cccc(Oc2ccccc2)c1. The third-order valence-electron chi connectivity index (χ3n) is 3.96. The van der Waals surface area contributed by atoms with Crippen molar-refractivity contribution < 1.29 is 9.53 Å². The van der Waals surface area contributed by atoms with Crippen molar-refractivity contribution in [3.8, 4) is 11.5 Å². The highest BCUT2D eigenvalue weighted by atomic mass is 16.5. The summed E-state index contributed by atoms with van der Waals surface area (Å²) < 4.78 is 5.81. The molecule has 2 N–H and O–H groups in total. The normalized spacial score (nSPS) is 17.0. The van der Waals surface area contributed by atoms with Crippen molar-refractivity contribution in [3.05, 3.63) is 60.2 Å². The summed E-state index contributed by atoms with van der Waals surface area (Å²) in [6.45, 7) is 1.55. The van der Waals surface area contributed by atoms with Crippen LogP contribution < -0.4 is 15.4 Å². The van der Waals surface area contributed by atoms with Gasteiger partial charge in [0.2, 0.25) is 5.91 Å². The number of carbonyl (C=O) groups is 1. The van der Waals surface area contributed by atoms with Crippen LogP contribution in [0.1, 0.15) is 24.8 Å². The first kappa shape index (κ1) is 15.6. The van der Waals surface area contributed by atoms with Crippen LogP contribution in [0.4, 0.5) is 0 Å². The van der Waals surface area contributed by atoms with E-state index in [4.69, 9.17) is 4.74 Å². The lowest BCUT2D eigenvalue weighted by atomic mass is 10.1. The van der Waals surface area contributed by atoms with E-state index >= 15 is 0 Å². The fourth-order valence-electron chi connectivity index (χ4n) is 2.77. The third-order valence-corrected chi connectivity index (χ3v) is 3.96. The van der Waals surface area contributed by atoms with E-state index in [-0.39, 0.29) is 5.91 Å². The second-order valence-electron chi connectivity index (χ2n) is 5.84. The van der Waals surface area contributed by atoms with Crippen LogP contribution in [0.2, 0.25) is 0 Å². The summed E-state index contributed by atoms with van der Waals surface area (Å²) in [5.74, 6) is 1.68. The van der Waals surface area contributed by atoms with Gasteiger partial charge in [-0.15, -0.1) is 0 Å². The lowest BCUT2D eigenvalue weighted by Gasteiger charge is -2.11. The Morgan fingerprint density at radius 1 is 1.13 bits per heavy atom. The van der Waals surface area contributed by atoms with Gasteiger partial charge in [-0.25, -0.2) is 0 Å². The topological polar surface area (TPSA) is 50.4 Å². The van der Waals surface area contributed by atoms with Crippen molar-refractivity contribution in [3.63, 3.8) is 0 Å². The standard InChI is InChI=1S/C19H22N2O2/c22-19(13-16-7-5-11-20-16)21-14-15-6-4-10-18(12-15)23-17-8-2-1-3-9-17/h1-4,6,8-10,12,16,20H,5,7,11,13-14H2,(H,21,22). The Kier molecular flexibility index (Phi) is 5.27. The van der Waals surface area contributed by atoms with E-state index in [1.807, 2.05) is 54.6 Å². The van der Waals surface area contributed by atoms with Crippen molar-refractivity contribution in [1.29, 1.82) is 0 Å². The fourth-order valence-corrected chi connectivity index (χ4v) is 2.77. The lowest BCUT2D eigenvalue weighted by molar-refractivity contribution is -0.121. The van der Waals surface area contributed by atoms with Gasteiger partial charge in [0.15, 0.2) is 0 Å². The predicted molar refractivity (Wildman–Crippen MR) is 90.4 cm³/mol. The summed E-state index contributed by atoms with van der Waals surface area (Å²) in [6.07, 6.45) is 2.81. The molecular weight excluding hydrogens is 288 g/mol. The minimum atomic E-state index is 0.0961. The van der Waals surface area contributed by atoms with E-state index in [2.05, 4.69) is 10.6 Å². The largest absolute Gasteiger partial charge is 0.457 e. The number of ether oxygens (including phenoxy) is 1. The molecule has 2 aromatic rings. The van der Waals surface area contributed by atoms with Crippen molar-refractivity contribution in [1.82, 2.24) is 10.6 Å². The Balaban J connectivity index is 1.52. The Labute approximate surface area is 136 Å². The Morgan fingerprint density at radius 3 is 2.74 bits per heavy atom. The van der Waals surface area contributed by atoms with Crippen molar-refractivity contribution in [2.24, 2.45) is 0 Å². The molecule has 0 aromatic heterocycles.